The van der Waals surface area contributed by atoms with Gasteiger partial charge in [-0.3, -0.25) is 0 Å². The van der Waals surface area contributed by atoms with Crippen molar-refractivity contribution < 1.29 is 9.50 Å². The first-order valence-corrected chi connectivity index (χ1v) is 6.76. The van der Waals surface area contributed by atoms with Gasteiger partial charge in [0.1, 0.15) is 5.82 Å². The van der Waals surface area contributed by atoms with Gasteiger partial charge < -0.3 is 14.9 Å². The van der Waals surface area contributed by atoms with E-state index in [1.165, 1.54) is 25.3 Å². The summed E-state index contributed by atoms with van der Waals surface area (Å²) in [6.45, 7) is 0.706. The first-order valence-electron chi connectivity index (χ1n) is 6.76. The second-order valence-corrected chi connectivity index (χ2v) is 5.77. The van der Waals surface area contributed by atoms with Gasteiger partial charge in [0.25, 0.3) is 0 Å². The van der Waals surface area contributed by atoms with E-state index in [1.54, 1.807) is 12.1 Å². The van der Waals surface area contributed by atoms with Crippen molar-refractivity contribution in [2.45, 2.75) is 31.4 Å². The molecule has 0 saturated heterocycles. The van der Waals surface area contributed by atoms with Crippen LogP contribution in [0.3, 0.4) is 0 Å². The number of hydrogen-bond donors (Lipinski definition) is 1. The van der Waals surface area contributed by atoms with Gasteiger partial charge in [0, 0.05) is 19.1 Å². The smallest absolute Gasteiger partial charge is 0.146 e. The molecular weight excluding hydrogens is 243 g/mol. The molecule has 1 N–H and O–H groups in total. The maximum Gasteiger partial charge on any atom is 0.146 e. The fourth-order valence-corrected chi connectivity index (χ4v) is 2.82. The lowest BCUT2D eigenvalue weighted by molar-refractivity contribution is 0.0682. The van der Waals surface area contributed by atoms with Crippen molar-refractivity contribution in [1.29, 1.82) is 0 Å². The van der Waals surface area contributed by atoms with Crippen molar-refractivity contribution in [3.63, 3.8) is 0 Å². The highest BCUT2D eigenvalue weighted by Gasteiger charge is 2.40. The molecule has 1 fully saturated rings. The fraction of sp³-hybridized carbons (Fsp3) is 0.600. The molecule has 1 saturated carbocycles. The molecule has 0 bridgehead atoms. The standard InChI is InChI=1S/C15H23FN2O/c1-17(2)15(7-4-8-15)11-18(3)14-6-5-12(10-19)9-13(14)16/h5-6,9,19H,4,7-8,10-11H2,1-3H3. The third-order valence-electron chi connectivity index (χ3n) is 4.37. The zero-order chi connectivity index (χ0) is 14.0. The third-order valence-corrected chi connectivity index (χ3v) is 4.37. The fourth-order valence-electron chi connectivity index (χ4n) is 2.82. The third kappa shape index (κ3) is 2.74. The summed E-state index contributed by atoms with van der Waals surface area (Å²) in [4.78, 5) is 4.24. The summed E-state index contributed by atoms with van der Waals surface area (Å²) in [5.74, 6) is -0.262. The van der Waals surface area contributed by atoms with Crippen LogP contribution in [0.1, 0.15) is 24.8 Å². The Labute approximate surface area is 114 Å². The van der Waals surface area contributed by atoms with E-state index in [4.69, 9.17) is 5.11 Å². The van der Waals surface area contributed by atoms with Crippen LogP contribution in [-0.4, -0.2) is 43.2 Å². The lowest BCUT2D eigenvalue weighted by Crippen LogP contribution is -2.56. The van der Waals surface area contributed by atoms with Gasteiger partial charge in [-0.05, 0) is 51.1 Å². The van der Waals surface area contributed by atoms with Crippen LogP contribution in [0.15, 0.2) is 18.2 Å². The summed E-state index contributed by atoms with van der Waals surface area (Å²) in [6, 6.07) is 4.94. The van der Waals surface area contributed by atoms with E-state index in [0.29, 0.717) is 11.3 Å². The molecule has 0 spiro atoms. The molecule has 0 atom stereocenters. The number of rotatable bonds is 5. The Morgan fingerprint density at radius 3 is 2.37 bits per heavy atom. The quantitative estimate of drug-likeness (QED) is 0.885. The summed E-state index contributed by atoms with van der Waals surface area (Å²) in [6.07, 6.45) is 3.58. The topological polar surface area (TPSA) is 26.7 Å². The number of benzene rings is 1. The largest absolute Gasteiger partial charge is 0.392 e. The van der Waals surface area contributed by atoms with Crippen molar-refractivity contribution in [3.05, 3.63) is 29.6 Å². The summed E-state index contributed by atoms with van der Waals surface area (Å²) in [5.41, 5.74) is 1.39. The van der Waals surface area contributed by atoms with Crippen LogP contribution in [0.25, 0.3) is 0 Å². The highest BCUT2D eigenvalue weighted by Crippen LogP contribution is 2.37. The molecule has 4 heteroatoms. The maximum atomic E-state index is 14.0. The number of hydrogen-bond acceptors (Lipinski definition) is 3. The van der Waals surface area contributed by atoms with Gasteiger partial charge in [-0.15, -0.1) is 0 Å². The van der Waals surface area contributed by atoms with E-state index in [2.05, 4.69) is 19.0 Å². The molecule has 0 aliphatic heterocycles. The molecule has 1 aliphatic rings. The van der Waals surface area contributed by atoms with E-state index >= 15 is 0 Å². The maximum absolute atomic E-state index is 14.0. The summed E-state index contributed by atoms with van der Waals surface area (Å²) in [5, 5.41) is 9.01. The molecule has 0 radical (unpaired) electrons. The van der Waals surface area contributed by atoms with Crippen LogP contribution in [0, 0.1) is 5.82 Å². The van der Waals surface area contributed by atoms with Gasteiger partial charge >= 0.3 is 0 Å². The van der Waals surface area contributed by atoms with Crippen LogP contribution in [0.4, 0.5) is 10.1 Å². The number of aliphatic hydroxyl groups is 1. The van der Waals surface area contributed by atoms with Gasteiger partial charge in [0.05, 0.1) is 12.3 Å². The average molecular weight is 266 g/mol. The summed E-state index contributed by atoms with van der Waals surface area (Å²) in [7, 11) is 6.12. The van der Waals surface area contributed by atoms with Gasteiger partial charge in [0.15, 0.2) is 0 Å². The molecule has 19 heavy (non-hydrogen) atoms. The normalized spacial score (nSPS) is 17.4. The van der Waals surface area contributed by atoms with E-state index in [9.17, 15) is 4.39 Å². The number of aliphatic hydroxyl groups excluding tert-OH is 1. The van der Waals surface area contributed by atoms with Crippen LogP contribution < -0.4 is 4.90 Å². The van der Waals surface area contributed by atoms with Crippen LogP contribution in [-0.2, 0) is 6.61 Å². The lowest BCUT2D eigenvalue weighted by Gasteiger charge is -2.49. The van der Waals surface area contributed by atoms with Crippen LogP contribution in [0.2, 0.25) is 0 Å². The molecule has 3 nitrogen and oxygen atoms in total. The minimum Gasteiger partial charge on any atom is -0.392 e. The second kappa shape index (κ2) is 5.47. The van der Waals surface area contributed by atoms with E-state index in [1.807, 2.05) is 11.9 Å². The van der Waals surface area contributed by atoms with Crippen molar-refractivity contribution >= 4 is 5.69 Å². The summed E-state index contributed by atoms with van der Waals surface area (Å²) < 4.78 is 14.0. The first-order chi connectivity index (χ1) is 8.98. The van der Waals surface area contributed by atoms with E-state index in [-0.39, 0.29) is 18.0 Å². The minimum absolute atomic E-state index is 0.122. The Hall–Kier alpha value is -1.13. The van der Waals surface area contributed by atoms with Crippen molar-refractivity contribution in [1.82, 2.24) is 4.90 Å². The SMILES string of the molecule is CN(CC1(N(C)C)CCC1)c1ccc(CO)cc1F. The van der Waals surface area contributed by atoms with Gasteiger partial charge in [-0.25, -0.2) is 4.39 Å². The molecule has 0 heterocycles. The number of halogens is 1. The minimum atomic E-state index is -0.262. The highest BCUT2D eigenvalue weighted by molar-refractivity contribution is 5.49. The monoisotopic (exact) mass is 266 g/mol. The van der Waals surface area contributed by atoms with E-state index < -0.39 is 0 Å². The summed E-state index contributed by atoms with van der Waals surface area (Å²) >= 11 is 0. The molecule has 0 unspecified atom stereocenters. The Bertz CT molecular complexity index is 444. The van der Waals surface area contributed by atoms with Gasteiger partial charge in [0.2, 0.25) is 0 Å². The van der Waals surface area contributed by atoms with Crippen molar-refractivity contribution in [2.24, 2.45) is 0 Å². The number of nitrogens with zero attached hydrogens (tertiary/aromatic N) is 2. The highest BCUT2D eigenvalue weighted by atomic mass is 19.1. The lowest BCUT2D eigenvalue weighted by atomic mass is 9.75. The number of likely N-dealkylation sites (N-methyl/N-ethyl adjacent to an activating group) is 2. The molecule has 1 aromatic rings. The van der Waals surface area contributed by atoms with Crippen molar-refractivity contribution in [3.8, 4) is 0 Å². The molecule has 1 aromatic carbocycles. The Morgan fingerprint density at radius 2 is 1.95 bits per heavy atom. The molecule has 0 aromatic heterocycles. The Morgan fingerprint density at radius 1 is 1.26 bits per heavy atom. The predicted molar refractivity (Wildman–Crippen MR) is 75.9 cm³/mol. The molecule has 0 amide bonds. The molecule has 106 valence electrons. The van der Waals surface area contributed by atoms with Crippen molar-refractivity contribution in [2.75, 3.05) is 32.6 Å². The average Bonchev–Trinajstić information content (AvgIpc) is 2.32. The first kappa shape index (κ1) is 14.3. The zero-order valence-electron chi connectivity index (χ0n) is 12.0. The molecular formula is C15H23FN2O. The van der Waals surface area contributed by atoms with Crippen LogP contribution >= 0.6 is 0 Å². The molecule has 2 rings (SSSR count). The zero-order valence-corrected chi connectivity index (χ0v) is 12.0. The van der Waals surface area contributed by atoms with E-state index in [0.717, 1.165) is 6.54 Å². The molecule has 1 aliphatic carbocycles. The van der Waals surface area contributed by atoms with Crippen LogP contribution in [0.5, 0.6) is 0 Å². The Kier molecular flexibility index (Phi) is 4.11. The van der Waals surface area contributed by atoms with Gasteiger partial charge in [-0.1, -0.05) is 6.07 Å². The number of anilines is 1. The Balaban J connectivity index is 2.13. The predicted octanol–water partition coefficient (Wildman–Crippen LogP) is 2.24. The van der Waals surface area contributed by atoms with Gasteiger partial charge in [-0.2, -0.15) is 0 Å². The second-order valence-electron chi connectivity index (χ2n) is 5.77.